The number of aliphatic hydroxyl groups is 1. The molecule has 0 saturated carbocycles. The molecule has 2 heterocycles. The van der Waals surface area contributed by atoms with Crippen LogP contribution >= 0.6 is 0 Å². The molecule has 0 aliphatic carbocycles. The first kappa shape index (κ1) is 13.8. The second-order valence-electron chi connectivity index (χ2n) is 5.10. The highest BCUT2D eigenvalue weighted by molar-refractivity contribution is 6.00. The van der Waals surface area contributed by atoms with Gasteiger partial charge in [0, 0.05) is 24.8 Å². The summed E-state index contributed by atoms with van der Waals surface area (Å²) in [6, 6.07) is 3.09. The maximum absolute atomic E-state index is 11.4. The monoisotopic (exact) mass is 293 g/mol. The van der Waals surface area contributed by atoms with Crippen molar-refractivity contribution >= 4 is 23.0 Å². The Morgan fingerprint density at radius 3 is 3.05 bits per heavy atom. The van der Waals surface area contributed by atoms with Gasteiger partial charge in [-0.1, -0.05) is 0 Å². The molecule has 112 valence electrons. The van der Waals surface area contributed by atoms with E-state index in [0.717, 1.165) is 0 Å². The summed E-state index contributed by atoms with van der Waals surface area (Å²) in [6.45, 7) is 1.14. The highest BCUT2D eigenvalue weighted by Crippen LogP contribution is 2.37. The standard InChI is InChI=1S/C13H15N3O5/c17-7-9-6-15(1-2-21-9)11-5-10-8(4-13(18)14-10)3-12(11)16(19)20/h3,5,9,17H,1-2,4,6-7H2,(H,14,18). The third-order valence-corrected chi connectivity index (χ3v) is 3.71. The molecular formula is C13H15N3O5. The minimum absolute atomic E-state index is 0.0242. The van der Waals surface area contributed by atoms with Gasteiger partial charge in [0.25, 0.3) is 5.69 Å². The minimum Gasteiger partial charge on any atom is -0.394 e. The molecule has 1 aromatic rings. The van der Waals surface area contributed by atoms with Crippen molar-refractivity contribution in [3.05, 3.63) is 27.8 Å². The molecule has 1 unspecified atom stereocenters. The van der Waals surface area contributed by atoms with E-state index >= 15 is 0 Å². The van der Waals surface area contributed by atoms with E-state index in [1.54, 1.807) is 6.07 Å². The molecule has 1 fully saturated rings. The predicted octanol–water partition coefficient (Wildman–Crippen LogP) is 0.287. The number of carbonyl (C=O) groups is 1. The van der Waals surface area contributed by atoms with Crippen LogP contribution in [0, 0.1) is 10.1 Å². The summed E-state index contributed by atoms with van der Waals surface area (Å²) >= 11 is 0. The fraction of sp³-hybridized carbons (Fsp3) is 0.462. The minimum atomic E-state index is -0.443. The fourth-order valence-corrected chi connectivity index (χ4v) is 2.70. The molecule has 1 amide bonds. The number of nitro benzene ring substituents is 1. The largest absolute Gasteiger partial charge is 0.394 e. The van der Waals surface area contributed by atoms with E-state index < -0.39 is 4.92 Å². The highest BCUT2D eigenvalue weighted by Gasteiger charge is 2.29. The zero-order valence-electron chi connectivity index (χ0n) is 11.2. The third-order valence-electron chi connectivity index (χ3n) is 3.71. The van der Waals surface area contributed by atoms with E-state index in [0.29, 0.717) is 36.6 Å². The molecule has 21 heavy (non-hydrogen) atoms. The summed E-state index contributed by atoms with van der Waals surface area (Å²) in [6.07, 6.45) is -0.194. The zero-order chi connectivity index (χ0) is 15.0. The van der Waals surface area contributed by atoms with Crippen molar-refractivity contribution < 1.29 is 19.6 Å². The number of fused-ring (bicyclic) bond motifs is 1. The van der Waals surface area contributed by atoms with Crippen LogP contribution in [-0.4, -0.2) is 48.3 Å². The van der Waals surface area contributed by atoms with E-state index in [9.17, 15) is 20.0 Å². The van der Waals surface area contributed by atoms with Crippen LogP contribution in [0.3, 0.4) is 0 Å². The molecule has 2 aliphatic rings. The van der Waals surface area contributed by atoms with Gasteiger partial charge in [0.15, 0.2) is 0 Å². The average Bonchev–Trinajstić information content (AvgIpc) is 2.85. The normalized spacial score (nSPS) is 21.1. The van der Waals surface area contributed by atoms with E-state index in [1.807, 2.05) is 4.90 Å². The Balaban J connectivity index is 1.99. The zero-order valence-corrected chi connectivity index (χ0v) is 11.2. The van der Waals surface area contributed by atoms with Crippen molar-refractivity contribution in [2.45, 2.75) is 12.5 Å². The van der Waals surface area contributed by atoms with Gasteiger partial charge in [-0.15, -0.1) is 0 Å². The van der Waals surface area contributed by atoms with Crippen molar-refractivity contribution in [2.24, 2.45) is 0 Å². The number of hydrogen-bond acceptors (Lipinski definition) is 6. The first-order valence-corrected chi connectivity index (χ1v) is 6.67. The molecule has 0 radical (unpaired) electrons. The lowest BCUT2D eigenvalue weighted by atomic mass is 10.1. The Bertz CT molecular complexity index is 604. The number of nitrogens with zero attached hydrogens (tertiary/aromatic N) is 2. The summed E-state index contributed by atoms with van der Waals surface area (Å²) in [5.41, 5.74) is 1.68. The molecule has 0 bridgehead atoms. The summed E-state index contributed by atoms with van der Waals surface area (Å²) in [5.74, 6) is -0.160. The highest BCUT2D eigenvalue weighted by atomic mass is 16.6. The van der Waals surface area contributed by atoms with E-state index in [-0.39, 0.29) is 30.7 Å². The van der Waals surface area contributed by atoms with Gasteiger partial charge in [0.1, 0.15) is 5.69 Å². The second-order valence-corrected chi connectivity index (χ2v) is 5.10. The lowest BCUT2D eigenvalue weighted by molar-refractivity contribution is -0.384. The smallest absolute Gasteiger partial charge is 0.292 e. The number of hydrogen-bond donors (Lipinski definition) is 2. The van der Waals surface area contributed by atoms with Crippen LogP contribution in [0.15, 0.2) is 12.1 Å². The van der Waals surface area contributed by atoms with Crippen LogP contribution in [-0.2, 0) is 16.0 Å². The molecule has 8 nitrogen and oxygen atoms in total. The Labute approximate surface area is 120 Å². The number of carbonyl (C=O) groups excluding carboxylic acids is 1. The number of amides is 1. The Morgan fingerprint density at radius 2 is 2.33 bits per heavy atom. The maximum Gasteiger partial charge on any atom is 0.292 e. The number of nitrogens with one attached hydrogen (secondary N) is 1. The molecule has 3 rings (SSSR count). The topological polar surface area (TPSA) is 105 Å². The van der Waals surface area contributed by atoms with Crippen LogP contribution in [0.2, 0.25) is 0 Å². The van der Waals surface area contributed by atoms with Crippen molar-refractivity contribution in [2.75, 3.05) is 36.5 Å². The molecule has 1 aromatic carbocycles. The number of morpholine rings is 1. The summed E-state index contributed by atoms with van der Waals surface area (Å²) in [5, 5.41) is 23.2. The average molecular weight is 293 g/mol. The molecule has 2 aliphatic heterocycles. The molecule has 1 saturated heterocycles. The SMILES string of the molecule is O=C1Cc2cc([N+](=O)[O-])c(N3CCOC(CO)C3)cc2N1. The van der Waals surface area contributed by atoms with Gasteiger partial charge >= 0.3 is 0 Å². The first-order chi connectivity index (χ1) is 10.1. The van der Waals surface area contributed by atoms with Gasteiger partial charge in [-0.25, -0.2) is 0 Å². The number of aliphatic hydroxyl groups excluding tert-OH is 1. The van der Waals surface area contributed by atoms with Gasteiger partial charge < -0.3 is 20.1 Å². The Hall–Kier alpha value is -2.19. The predicted molar refractivity (Wildman–Crippen MR) is 74.5 cm³/mol. The van der Waals surface area contributed by atoms with Crippen LogP contribution in [0.5, 0.6) is 0 Å². The van der Waals surface area contributed by atoms with Crippen LogP contribution in [0.4, 0.5) is 17.1 Å². The van der Waals surface area contributed by atoms with Crippen LogP contribution in [0.1, 0.15) is 5.56 Å². The van der Waals surface area contributed by atoms with Crippen molar-refractivity contribution in [3.63, 3.8) is 0 Å². The summed E-state index contributed by atoms with van der Waals surface area (Å²) < 4.78 is 5.36. The second kappa shape index (κ2) is 5.30. The molecule has 2 N–H and O–H groups in total. The fourth-order valence-electron chi connectivity index (χ4n) is 2.70. The molecule has 1 atom stereocenters. The molecule has 0 aromatic heterocycles. The summed E-state index contributed by atoms with van der Waals surface area (Å²) in [4.78, 5) is 24.1. The number of ether oxygens (including phenoxy) is 1. The number of benzene rings is 1. The van der Waals surface area contributed by atoms with Crippen LogP contribution < -0.4 is 10.2 Å². The first-order valence-electron chi connectivity index (χ1n) is 6.67. The number of anilines is 2. The van der Waals surface area contributed by atoms with E-state index in [4.69, 9.17) is 4.74 Å². The quantitative estimate of drug-likeness (QED) is 0.613. The lowest BCUT2D eigenvalue weighted by Gasteiger charge is -2.33. The molecular weight excluding hydrogens is 278 g/mol. The maximum atomic E-state index is 11.4. The molecule has 8 heteroatoms. The van der Waals surface area contributed by atoms with Crippen molar-refractivity contribution in [1.82, 2.24) is 0 Å². The van der Waals surface area contributed by atoms with E-state index in [2.05, 4.69) is 5.32 Å². The van der Waals surface area contributed by atoms with Crippen molar-refractivity contribution in [3.8, 4) is 0 Å². The van der Waals surface area contributed by atoms with Gasteiger partial charge in [-0.3, -0.25) is 14.9 Å². The Morgan fingerprint density at radius 1 is 1.52 bits per heavy atom. The summed E-state index contributed by atoms with van der Waals surface area (Å²) in [7, 11) is 0. The third kappa shape index (κ3) is 2.55. The van der Waals surface area contributed by atoms with Gasteiger partial charge in [-0.2, -0.15) is 0 Å². The van der Waals surface area contributed by atoms with Crippen LogP contribution in [0.25, 0.3) is 0 Å². The molecule has 0 spiro atoms. The van der Waals surface area contributed by atoms with Gasteiger partial charge in [0.05, 0.1) is 30.7 Å². The van der Waals surface area contributed by atoms with Gasteiger partial charge in [-0.05, 0) is 11.6 Å². The number of rotatable bonds is 3. The van der Waals surface area contributed by atoms with Crippen molar-refractivity contribution in [1.29, 1.82) is 0 Å². The number of nitro groups is 1. The lowest BCUT2D eigenvalue weighted by Crippen LogP contribution is -2.44. The van der Waals surface area contributed by atoms with Gasteiger partial charge in [0.2, 0.25) is 5.91 Å². The Kier molecular flexibility index (Phi) is 3.48. The van der Waals surface area contributed by atoms with E-state index in [1.165, 1.54) is 6.07 Å².